The van der Waals surface area contributed by atoms with Gasteiger partial charge in [0.1, 0.15) is 0 Å². The molecule has 1 aliphatic rings. The SMILES string of the molecule is Cc1ccc2c(n1)Oc1nc(-c3ccc(C(=O)N(C)C)cc3)ccc1[C@H]2C(C)(C)C(=O)N=C(N)N=N. The molecule has 2 amide bonds. The van der Waals surface area contributed by atoms with E-state index in [0.717, 1.165) is 16.8 Å². The second-order valence-corrected chi connectivity index (χ2v) is 9.36. The molecule has 0 fully saturated rings. The Hall–Kier alpha value is -4.47. The number of aliphatic imine (C=N–C) groups is 1. The van der Waals surface area contributed by atoms with E-state index in [9.17, 15) is 9.59 Å². The molecule has 0 saturated carbocycles. The van der Waals surface area contributed by atoms with Gasteiger partial charge in [-0.15, -0.1) is 5.11 Å². The number of aromatic nitrogens is 2. The van der Waals surface area contributed by atoms with Gasteiger partial charge in [-0.05, 0) is 31.2 Å². The Morgan fingerprint density at radius 3 is 2.22 bits per heavy atom. The number of aryl methyl sites for hydroxylation is 1. The highest BCUT2D eigenvalue weighted by Gasteiger charge is 2.44. The number of carbonyl (C=O) groups excluding carboxylic acids is 2. The summed E-state index contributed by atoms with van der Waals surface area (Å²) in [6.45, 7) is 5.37. The van der Waals surface area contributed by atoms with E-state index < -0.39 is 23.2 Å². The van der Waals surface area contributed by atoms with Gasteiger partial charge in [-0.2, -0.15) is 4.99 Å². The first-order valence-electron chi connectivity index (χ1n) is 11.3. The molecule has 0 bridgehead atoms. The van der Waals surface area contributed by atoms with Crippen molar-refractivity contribution in [3.05, 3.63) is 70.9 Å². The summed E-state index contributed by atoms with van der Waals surface area (Å²) >= 11 is 0. The molecule has 0 aliphatic carbocycles. The molecule has 0 spiro atoms. The van der Waals surface area contributed by atoms with E-state index in [1.807, 2.05) is 43.3 Å². The minimum Gasteiger partial charge on any atom is -0.420 e. The molecule has 0 radical (unpaired) electrons. The smallest absolute Gasteiger partial charge is 0.255 e. The van der Waals surface area contributed by atoms with Gasteiger partial charge >= 0.3 is 0 Å². The first kappa shape index (κ1) is 24.6. The maximum absolute atomic E-state index is 13.1. The molecule has 4 rings (SSSR count). The van der Waals surface area contributed by atoms with Crippen molar-refractivity contribution in [1.82, 2.24) is 14.9 Å². The van der Waals surface area contributed by atoms with Crippen LogP contribution in [0, 0.1) is 17.9 Å². The average molecular weight is 486 g/mol. The molecule has 1 atom stereocenters. The van der Waals surface area contributed by atoms with Crippen LogP contribution in [0.5, 0.6) is 11.8 Å². The maximum atomic E-state index is 13.1. The molecule has 10 heteroatoms. The van der Waals surface area contributed by atoms with Gasteiger partial charge in [0.2, 0.25) is 17.7 Å². The molecule has 0 saturated heterocycles. The zero-order valence-corrected chi connectivity index (χ0v) is 20.7. The van der Waals surface area contributed by atoms with Gasteiger partial charge < -0.3 is 15.4 Å². The molecule has 36 heavy (non-hydrogen) atoms. The lowest BCUT2D eigenvalue weighted by Gasteiger charge is -2.36. The number of hydrogen-bond donors (Lipinski definition) is 2. The summed E-state index contributed by atoms with van der Waals surface area (Å²) in [5.41, 5.74) is 15.7. The summed E-state index contributed by atoms with van der Waals surface area (Å²) in [5.74, 6) is -0.803. The molecule has 1 aliphatic heterocycles. The fourth-order valence-electron chi connectivity index (χ4n) is 4.23. The third-order valence-corrected chi connectivity index (χ3v) is 6.17. The molecule has 10 nitrogen and oxygen atoms in total. The quantitative estimate of drug-likeness (QED) is 0.320. The summed E-state index contributed by atoms with van der Waals surface area (Å²) in [6.07, 6.45) is 0. The standard InChI is InChI=1S/C26H27N7O3/c1-14-6-11-17-20(26(2,3)24(35)31-25(27)32-28)18-12-13-19(30-22(18)36-21(17)29-14)15-7-9-16(10-8-15)23(34)33(4)5/h6-13,20,28H,1-5H3,(H2,27,31,35)/t20-/m0/s1. The van der Waals surface area contributed by atoms with Crippen molar-refractivity contribution < 1.29 is 14.3 Å². The Labute approximate surface area is 208 Å². The second kappa shape index (κ2) is 9.29. The van der Waals surface area contributed by atoms with Crippen molar-refractivity contribution >= 4 is 17.8 Å². The van der Waals surface area contributed by atoms with Crippen molar-refractivity contribution in [1.29, 1.82) is 5.53 Å². The van der Waals surface area contributed by atoms with Crippen LogP contribution >= 0.6 is 0 Å². The Kier molecular flexibility index (Phi) is 6.36. The number of carbonyl (C=O) groups is 2. The highest BCUT2D eigenvalue weighted by Crippen LogP contribution is 2.51. The van der Waals surface area contributed by atoms with E-state index in [1.165, 1.54) is 4.90 Å². The van der Waals surface area contributed by atoms with Crippen LogP contribution in [0.15, 0.2) is 58.6 Å². The van der Waals surface area contributed by atoms with Crippen LogP contribution in [0.4, 0.5) is 0 Å². The zero-order valence-electron chi connectivity index (χ0n) is 20.7. The van der Waals surface area contributed by atoms with Crippen molar-refractivity contribution in [3.8, 4) is 23.0 Å². The van der Waals surface area contributed by atoms with Crippen molar-refractivity contribution in [3.63, 3.8) is 0 Å². The number of nitrogens with two attached hydrogens (primary N) is 1. The monoisotopic (exact) mass is 485 g/mol. The lowest BCUT2D eigenvalue weighted by molar-refractivity contribution is -0.126. The fourth-order valence-corrected chi connectivity index (χ4v) is 4.23. The van der Waals surface area contributed by atoms with Crippen molar-refractivity contribution in [2.45, 2.75) is 26.7 Å². The molecular weight excluding hydrogens is 458 g/mol. The highest BCUT2D eigenvalue weighted by molar-refractivity contribution is 5.96. The van der Waals surface area contributed by atoms with E-state index in [0.29, 0.717) is 28.6 Å². The number of amides is 2. The number of hydrogen-bond acceptors (Lipinski definition) is 6. The third kappa shape index (κ3) is 4.45. The number of fused-ring (bicyclic) bond motifs is 2. The topological polar surface area (TPSA) is 147 Å². The summed E-state index contributed by atoms with van der Waals surface area (Å²) in [6, 6.07) is 14.6. The van der Waals surface area contributed by atoms with Gasteiger partial charge in [0.05, 0.1) is 11.1 Å². The normalized spacial score (nSPS) is 14.8. The van der Waals surface area contributed by atoms with E-state index in [1.54, 1.807) is 40.1 Å². The number of benzene rings is 1. The number of nitrogens with zero attached hydrogens (tertiary/aromatic N) is 5. The van der Waals surface area contributed by atoms with Crippen molar-refractivity contribution in [2.24, 2.45) is 21.3 Å². The van der Waals surface area contributed by atoms with Gasteiger partial charge in [-0.25, -0.2) is 15.5 Å². The van der Waals surface area contributed by atoms with E-state index >= 15 is 0 Å². The number of nitrogens with one attached hydrogen (secondary N) is 1. The van der Waals surface area contributed by atoms with Crippen molar-refractivity contribution in [2.75, 3.05) is 14.1 Å². The van der Waals surface area contributed by atoms with Gasteiger partial charge in [0, 0.05) is 48.0 Å². The maximum Gasteiger partial charge on any atom is 0.255 e. The van der Waals surface area contributed by atoms with Crippen LogP contribution < -0.4 is 10.5 Å². The van der Waals surface area contributed by atoms with Crippen LogP contribution in [-0.4, -0.2) is 46.7 Å². The summed E-state index contributed by atoms with van der Waals surface area (Å²) < 4.78 is 6.12. The van der Waals surface area contributed by atoms with Crippen LogP contribution in [0.3, 0.4) is 0 Å². The van der Waals surface area contributed by atoms with Crippen LogP contribution in [0.1, 0.15) is 46.9 Å². The van der Waals surface area contributed by atoms with Crippen LogP contribution in [0.2, 0.25) is 0 Å². The first-order chi connectivity index (χ1) is 17.0. The molecule has 1 aromatic carbocycles. The van der Waals surface area contributed by atoms with Crippen LogP contribution in [0.25, 0.3) is 11.3 Å². The van der Waals surface area contributed by atoms with E-state index in [2.05, 4.69) is 15.1 Å². The Bertz CT molecular complexity index is 1400. The summed E-state index contributed by atoms with van der Waals surface area (Å²) in [7, 11) is 3.41. The Balaban J connectivity index is 1.80. The molecular formula is C26H27N7O3. The Morgan fingerprint density at radius 2 is 1.61 bits per heavy atom. The van der Waals surface area contributed by atoms with E-state index in [4.69, 9.17) is 21.0 Å². The minimum absolute atomic E-state index is 0.0856. The largest absolute Gasteiger partial charge is 0.420 e. The van der Waals surface area contributed by atoms with Gasteiger partial charge in [0.25, 0.3) is 11.8 Å². The highest BCUT2D eigenvalue weighted by atomic mass is 16.5. The molecule has 184 valence electrons. The summed E-state index contributed by atoms with van der Waals surface area (Å²) in [4.78, 5) is 39.9. The first-order valence-corrected chi connectivity index (χ1v) is 11.3. The third-order valence-electron chi connectivity index (χ3n) is 6.17. The number of pyridine rings is 2. The lowest BCUT2D eigenvalue weighted by atomic mass is 9.70. The number of ether oxygens (including phenoxy) is 1. The van der Waals surface area contributed by atoms with Gasteiger partial charge in [-0.3, -0.25) is 9.59 Å². The summed E-state index contributed by atoms with van der Waals surface area (Å²) in [5, 5.41) is 3.04. The van der Waals surface area contributed by atoms with Gasteiger partial charge in [0.15, 0.2) is 0 Å². The zero-order chi connectivity index (χ0) is 26.2. The molecule has 0 unspecified atom stereocenters. The fraction of sp³-hybridized carbons (Fsp3) is 0.269. The predicted octanol–water partition coefficient (Wildman–Crippen LogP) is 4.29. The lowest BCUT2D eigenvalue weighted by Crippen LogP contribution is -2.34. The van der Waals surface area contributed by atoms with Crippen LogP contribution in [-0.2, 0) is 4.79 Å². The number of rotatable bonds is 4. The Morgan fingerprint density at radius 1 is 1.00 bits per heavy atom. The van der Waals surface area contributed by atoms with E-state index in [-0.39, 0.29) is 5.91 Å². The minimum atomic E-state index is -1.07. The second-order valence-electron chi connectivity index (χ2n) is 9.36. The van der Waals surface area contributed by atoms with Gasteiger partial charge in [-0.1, -0.05) is 38.1 Å². The molecule has 3 aromatic rings. The molecule has 3 heterocycles. The molecule has 3 N–H and O–H groups in total. The predicted molar refractivity (Wildman–Crippen MR) is 134 cm³/mol. The molecule has 2 aromatic heterocycles. The number of guanidine groups is 1. The average Bonchev–Trinajstić information content (AvgIpc) is 2.86.